The molecule has 1 heterocycles. The Hall–Kier alpha value is -1.26. The topological polar surface area (TPSA) is 40.6 Å². The molecular weight excluding hydrogens is 299 g/mol. The van der Waals surface area contributed by atoms with Gasteiger partial charge in [-0.25, -0.2) is 4.79 Å². The summed E-state index contributed by atoms with van der Waals surface area (Å²) in [5, 5.41) is 0. The van der Waals surface area contributed by atoms with Crippen LogP contribution >= 0.6 is 23.2 Å². The van der Waals surface area contributed by atoms with Gasteiger partial charge in [-0.2, -0.15) is 0 Å². The van der Waals surface area contributed by atoms with Crippen molar-refractivity contribution in [3.05, 3.63) is 30.3 Å². The molecule has 0 radical (unpaired) electrons. The smallest absolute Gasteiger partial charge is 0.285 e. The van der Waals surface area contributed by atoms with E-state index in [1.54, 1.807) is 12.1 Å². The van der Waals surface area contributed by atoms with Crippen LogP contribution in [0.1, 0.15) is 13.3 Å². The average molecular weight is 313 g/mol. The number of urea groups is 1. The predicted molar refractivity (Wildman–Crippen MR) is 78.1 cm³/mol. The van der Waals surface area contributed by atoms with Gasteiger partial charge in [-0.3, -0.25) is 14.6 Å². The van der Waals surface area contributed by atoms with Crippen molar-refractivity contribution in [1.29, 1.82) is 0 Å². The fourth-order valence-electron chi connectivity index (χ4n) is 2.47. The molecule has 6 heteroatoms. The van der Waals surface area contributed by atoms with Crippen LogP contribution in [0, 0.1) is 5.41 Å². The first-order chi connectivity index (χ1) is 9.34. The Labute approximate surface area is 127 Å². The number of benzene rings is 1. The molecule has 0 aromatic heterocycles. The van der Waals surface area contributed by atoms with Gasteiger partial charge in [0.05, 0.1) is 0 Å². The van der Waals surface area contributed by atoms with Crippen LogP contribution in [0.15, 0.2) is 30.3 Å². The van der Waals surface area contributed by atoms with Gasteiger partial charge in [-0.15, -0.1) is 23.2 Å². The van der Waals surface area contributed by atoms with Gasteiger partial charge in [0.25, 0.3) is 5.91 Å². The zero-order chi connectivity index (χ0) is 14.5. The molecule has 2 fully saturated rings. The maximum atomic E-state index is 12.4. The van der Waals surface area contributed by atoms with E-state index in [0.29, 0.717) is 6.42 Å². The van der Waals surface area contributed by atoms with Crippen LogP contribution in [0.25, 0.3) is 0 Å². The van der Waals surface area contributed by atoms with Gasteiger partial charge >= 0.3 is 6.03 Å². The number of imide groups is 1. The number of halogens is 2. The highest BCUT2D eigenvalue weighted by Gasteiger charge is 2.64. The van der Waals surface area contributed by atoms with Crippen molar-refractivity contribution in [3.63, 3.8) is 0 Å². The summed E-state index contributed by atoms with van der Waals surface area (Å²) in [5.41, 5.74) is 0.311. The Kier molecular flexibility index (Phi) is 2.99. The molecule has 1 saturated carbocycles. The number of alkyl halides is 2. The summed E-state index contributed by atoms with van der Waals surface area (Å²) in [7, 11) is 0. The lowest BCUT2D eigenvalue weighted by molar-refractivity contribution is -0.125. The highest BCUT2D eigenvalue weighted by atomic mass is 35.5. The van der Waals surface area contributed by atoms with Gasteiger partial charge < -0.3 is 0 Å². The molecule has 1 aromatic rings. The largest absolute Gasteiger partial charge is 0.331 e. The Morgan fingerprint density at radius 1 is 1.20 bits per heavy atom. The van der Waals surface area contributed by atoms with E-state index in [2.05, 4.69) is 0 Å². The van der Waals surface area contributed by atoms with E-state index >= 15 is 0 Å². The van der Waals surface area contributed by atoms with E-state index in [0.717, 1.165) is 5.69 Å². The van der Waals surface area contributed by atoms with Crippen molar-refractivity contribution in [3.8, 4) is 0 Å². The summed E-state index contributed by atoms with van der Waals surface area (Å²) >= 11 is 12.2. The fraction of sp³-hybridized carbons (Fsp3) is 0.429. The van der Waals surface area contributed by atoms with E-state index in [4.69, 9.17) is 23.2 Å². The second-order valence-electron chi connectivity index (χ2n) is 5.63. The Balaban J connectivity index is 1.78. The minimum absolute atomic E-state index is 0.0660. The number of hydrogen-bond donors (Lipinski definition) is 0. The molecule has 20 heavy (non-hydrogen) atoms. The summed E-state index contributed by atoms with van der Waals surface area (Å²) in [6, 6.07) is 8.84. The molecule has 3 rings (SSSR count). The Morgan fingerprint density at radius 2 is 1.80 bits per heavy atom. The second-order valence-corrected chi connectivity index (χ2v) is 7.11. The number of anilines is 1. The summed E-state index contributed by atoms with van der Waals surface area (Å²) in [4.78, 5) is 27.2. The van der Waals surface area contributed by atoms with Crippen LogP contribution in [0.5, 0.6) is 0 Å². The summed E-state index contributed by atoms with van der Waals surface area (Å²) in [5.74, 6) is -0.212. The van der Waals surface area contributed by atoms with Crippen LogP contribution in [0.2, 0.25) is 0 Å². The molecule has 1 aliphatic carbocycles. The maximum absolute atomic E-state index is 12.4. The quantitative estimate of drug-likeness (QED) is 0.636. The predicted octanol–water partition coefficient (Wildman–Crippen LogP) is 3.04. The molecule has 1 aliphatic heterocycles. The van der Waals surface area contributed by atoms with Crippen LogP contribution in [-0.2, 0) is 4.79 Å². The lowest BCUT2D eigenvalue weighted by Gasteiger charge is -2.21. The van der Waals surface area contributed by atoms with Crippen LogP contribution in [0.4, 0.5) is 10.5 Å². The van der Waals surface area contributed by atoms with Crippen molar-refractivity contribution in [2.45, 2.75) is 17.7 Å². The first kappa shape index (κ1) is 13.7. The summed E-state index contributed by atoms with van der Waals surface area (Å²) < 4.78 is -0.840. The third-order valence-corrected chi connectivity index (χ3v) is 5.18. The van der Waals surface area contributed by atoms with Gasteiger partial charge in [-0.1, -0.05) is 25.1 Å². The first-order valence-corrected chi connectivity index (χ1v) is 7.14. The third-order valence-electron chi connectivity index (χ3n) is 4.00. The van der Waals surface area contributed by atoms with Gasteiger partial charge in [0.15, 0.2) is 0 Å². The molecule has 1 atom stereocenters. The number of carbonyl (C=O) groups is 2. The van der Waals surface area contributed by atoms with E-state index < -0.39 is 9.75 Å². The standard InChI is InChI=1S/C14H14Cl2N2O2/c1-13(8-14(13,15)16)9-18-11(19)7-17(12(18)20)10-5-3-2-4-6-10/h2-6H,7-9H2,1H3/t13-/m0/s1. The number of rotatable bonds is 3. The highest BCUT2D eigenvalue weighted by molar-refractivity contribution is 6.51. The molecule has 1 saturated heterocycles. The fourth-order valence-corrected chi connectivity index (χ4v) is 3.18. The van der Waals surface area contributed by atoms with Crippen molar-refractivity contribution in [2.75, 3.05) is 18.0 Å². The molecule has 0 spiro atoms. The lowest BCUT2D eigenvalue weighted by atomic mass is 10.1. The van der Waals surface area contributed by atoms with Crippen LogP contribution < -0.4 is 4.90 Å². The highest BCUT2D eigenvalue weighted by Crippen LogP contribution is 2.64. The monoisotopic (exact) mass is 312 g/mol. The number of carbonyl (C=O) groups excluding carboxylic acids is 2. The van der Waals surface area contributed by atoms with E-state index in [1.165, 1.54) is 9.80 Å². The number of hydrogen-bond acceptors (Lipinski definition) is 2. The van der Waals surface area contributed by atoms with E-state index in [9.17, 15) is 9.59 Å². The zero-order valence-corrected chi connectivity index (χ0v) is 12.5. The Bertz CT molecular complexity index is 576. The normalized spacial score (nSPS) is 28.1. The number of nitrogens with zero attached hydrogens (tertiary/aromatic N) is 2. The van der Waals surface area contributed by atoms with Crippen molar-refractivity contribution in [2.24, 2.45) is 5.41 Å². The lowest BCUT2D eigenvalue weighted by Crippen LogP contribution is -2.38. The van der Waals surface area contributed by atoms with Gasteiger partial charge in [0, 0.05) is 17.6 Å². The molecule has 4 nitrogen and oxygen atoms in total. The minimum Gasteiger partial charge on any atom is -0.285 e. The molecule has 3 amide bonds. The first-order valence-electron chi connectivity index (χ1n) is 6.39. The van der Waals surface area contributed by atoms with Gasteiger partial charge in [0.2, 0.25) is 0 Å². The summed E-state index contributed by atoms with van der Waals surface area (Å²) in [6.07, 6.45) is 0.589. The minimum atomic E-state index is -0.840. The summed E-state index contributed by atoms with van der Waals surface area (Å²) in [6.45, 7) is 2.22. The van der Waals surface area contributed by atoms with Crippen molar-refractivity contribution in [1.82, 2.24) is 4.90 Å². The molecule has 1 aromatic carbocycles. The SMILES string of the molecule is C[C@@]1(CN2C(=O)CN(c3ccccc3)C2=O)CC1(Cl)Cl. The third kappa shape index (κ3) is 2.07. The molecule has 0 N–H and O–H groups in total. The van der Waals surface area contributed by atoms with Crippen LogP contribution in [-0.4, -0.2) is 34.3 Å². The van der Waals surface area contributed by atoms with Gasteiger partial charge in [0.1, 0.15) is 10.9 Å². The maximum Gasteiger partial charge on any atom is 0.331 e. The molecule has 106 valence electrons. The molecule has 2 aliphatic rings. The van der Waals surface area contributed by atoms with Crippen LogP contribution in [0.3, 0.4) is 0 Å². The second kappa shape index (κ2) is 4.37. The van der Waals surface area contributed by atoms with E-state index in [1.807, 2.05) is 25.1 Å². The molecule has 0 bridgehead atoms. The molecular formula is C14H14Cl2N2O2. The number of amides is 3. The average Bonchev–Trinajstić information content (AvgIpc) is 2.78. The molecule has 0 unspecified atom stereocenters. The van der Waals surface area contributed by atoms with E-state index in [-0.39, 0.29) is 25.0 Å². The van der Waals surface area contributed by atoms with Crippen molar-refractivity contribution < 1.29 is 9.59 Å². The van der Waals surface area contributed by atoms with Gasteiger partial charge in [-0.05, 0) is 18.6 Å². The Morgan fingerprint density at radius 3 is 2.35 bits per heavy atom. The number of para-hydroxylation sites is 1. The van der Waals surface area contributed by atoms with Crippen molar-refractivity contribution >= 4 is 40.8 Å². The zero-order valence-electron chi connectivity index (χ0n) is 11.0.